The Labute approximate surface area is 129 Å². The van der Waals surface area contributed by atoms with Crippen LogP contribution < -0.4 is 10.5 Å². The number of alkyl halides is 2. The molecule has 1 unspecified atom stereocenters. The summed E-state index contributed by atoms with van der Waals surface area (Å²) in [6.07, 6.45) is -1.21. The SMILES string of the molecule is Nc1ccc(Cl)cc1C(O)c1cccc(OC(F)F)c1Cl. The molecule has 0 aromatic heterocycles. The summed E-state index contributed by atoms with van der Waals surface area (Å²) in [6.45, 7) is -3.01. The third kappa shape index (κ3) is 3.56. The molecule has 0 amide bonds. The molecule has 1 atom stereocenters. The van der Waals surface area contributed by atoms with Gasteiger partial charge in [0, 0.05) is 21.8 Å². The molecule has 2 rings (SSSR count). The van der Waals surface area contributed by atoms with Crippen LogP contribution in [0.4, 0.5) is 14.5 Å². The van der Waals surface area contributed by atoms with Crippen LogP contribution in [0.15, 0.2) is 36.4 Å². The van der Waals surface area contributed by atoms with Crippen molar-refractivity contribution < 1.29 is 18.6 Å². The van der Waals surface area contributed by atoms with Crippen LogP contribution in [0.25, 0.3) is 0 Å². The van der Waals surface area contributed by atoms with Crippen LogP contribution in [0.2, 0.25) is 10.0 Å². The van der Waals surface area contributed by atoms with Gasteiger partial charge in [0.05, 0.1) is 5.02 Å². The van der Waals surface area contributed by atoms with E-state index >= 15 is 0 Å². The van der Waals surface area contributed by atoms with E-state index in [9.17, 15) is 13.9 Å². The first-order valence-corrected chi connectivity index (χ1v) is 6.62. The quantitative estimate of drug-likeness (QED) is 0.822. The van der Waals surface area contributed by atoms with E-state index < -0.39 is 12.7 Å². The number of hydrogen-bond acceptors (Lipinski definition) is 3. The predicted octanol–water partition coefficient (Wildman–Crippen LogP) is 4.26. The van der Waals surface area contributed by atoms with E-state index in [1.54, 1.807) is 6.07 Å². The van der Waals surface area contributed by atoms with Gasteiger partial charge in [-0.3, -0.25) is 0 Å². The van der Waals surface area contributed by atoms with Crippen molar-refractivity contribution in [3.8, 4) is 5.75 Å². The number of nitrogen functional groups attached to an aromatic ring is 1. The van der Waals surface area contributed by atoms with Crippen LogP contribution in [0, 0.1) is 0 Å². The van der Waals surface area contributed by atoms with Gasteiger partial charge in [-0.2, -0.15) is 8.78 Å². The van der Waals surface area contributed by atoms with Crippen molar-refractivity contribution in [3.63, 3.8) is 0 Å². The number of hydrogen-bond donors (Lipinski definition) is 2. The standard InChI is InChI=1S/C14H11Cl2F2NO2/c15-7-4-5-10(19)9(6-7)13(20)8-2-1-3-11(12(8)16)21-14(17)18/h1-6,13-14,20H,19H2. The zero-order valence-corrected chi connectivity index (χ0v) is 12.1. The zero-order chi connectivity index (χ0) is 15.6. The lowest BCUT2D eigenvalue weighted by molar-refractivity contribution is -0.0498. The Kier molecular flexibility index (Phi) is 4.88. The van der Waals surface area contributed by atoms with E-state index in [1.165, 1.54) is 30.3 Å². The summed E-state index contributed by atoms with van der Waals surface area (Å²) in [5.41, 5.74) is 6.62. The largest absolute Gasteiger partial charge is 0.433 e. The lowest BCUT2D eigenvalue weighted by atomic mass is 10.00. The van der Waals surface area contributed by atoms with Gasteiger partial charge in [-0.25, -0.2) is 0 Å². The highest BCUT2D eigenvalue weighted by Crippen LogP contribution is 2.37. The maximum Gasteiger partial charge on any atom is 0.387 e. The fourth-order valence-electron chi connectivity index (χ4n) is 1.88. The van der Waals surface area contributed by atoms with E-state index in [1.807, 2.05) is 0 Å². The highest BCUT2D eigenvalue weighted by Gasteiger charge is 2.20. The number of rotatable bonds is 4. The molecule has 0 spiro atoms. The fourth-order valence-corrected chi connectivity index (χ4v) is 2.33. The van der Waals surface area contributed by atoms with Gasteiger partial charge < -0.3 is 15.6 Å². The summed E-state index contributed by atoms with van der Waals surface area (Å²) in [7, 11) is 0. The van der Waals surface area contributed by atoms with Crippen molar-refractivity contribution >= 4 is 28.9 Å². The van der Waals surface area contributed by atoms with Gasteiger partial charge in [0.1, 0.15) is 11.9 Å². The Morgan fingerprint density at radius 3 is 2.48 bits per heavy atom. The van der Waals surface area contributed by atoms with Crippen LogP contribution >= 0.6 is 23.2 Å². The molecule has 0 heterocycles. The number of aliphatic hydroxyl groups excluding tert-OH is 1. The molecule has 2 aromatic carbocycles. The van der Waals surface area contributed by atoms with E-state index in [0.717, 1.165) is 0 Å². The lowest BCUT2D eigenvalue weighted by Gasteiger charge is -2.17. The van der Waals surface area contributed by atoms with Gasteiger partial charge in [0.2, 0.25) is 0 Å². The Morgan fingerprint density at radius 2 is 1.81 bits per heavy atom. The summed E-state index contributed by atoms with van der Waals surface area (Å²) in [5, 5.41) is 10.6. The second-order valence-corrected chi connectivity index (χ2v) is 5.03. The van der Waals surface area contributed by atoms with E-state index in [2.05, 4.69) is 4.74 Å². The third-order valence-corrected chi connectivity index (χ3v) is 3.49. The van der Waals surface area contributed by atoms with Crippen LogP contribution in [0.1, 0.15) is 17.2 Å². The molecular weight excluding hydrogens is 323 g/mol. The van der Waals surface area contributed by atoms with Crippen molar-refractivity contribution in [1.29, 1.82) is 0 Å². The number of nitrogens with two attached hydrogens (primary N) is 1. The molecule has 112 valence electrons. The van der Waals surface area contributed by atoms with E-state index in [-0.39, 0.29) is 16.3 Å². The third-order valence-electron chi connectivity index (χ3n) is 2.85. The maximum absolute atomic E-state index is 12.3. The number of benzene rings is 2. The summed E-state index contributed by atoms with van der Waals surface area (Å²) >= 11 is 11.9. The zero-order valence-electron chi connectivity index (χ0n) is 10.6. The fraction of sp³-hybridized carbons (Fsp3) is 0.143. The number of ether oxygens (including phenoxy) is 1. The van der Waals surface area contributed by atoms with Gasteiger partial charge in [-0.05, 0) is 24.3 Å². The monoisotopic (exact) mass is 333 g/mol. The molecule has 0 bridgehead atoms. The number of anilines is 1. The van der Waals surface area contributed by atoms with Gasteiger partial charge in [0.25, 0.3) is 0 Å². The van der Waals surface area contributed by atoms with E-state index in [0.29, 0.717) is 16.3 Å². The van der Waals surface area contributed by atoms with Crippen molar-refractivity contribution in [1.82, 2.24) is 0 Å². The minimum Gasteiger partial charge on any atom is -0.433 e. The first-order chi connectivity index (χ1) is 9.90. The molecule has 0 aliphatic carbocycles. The second-order valence-electron chi connectivity index (χ2n) is 4.21. The van der Waals surface area contributed by atoms with Gasteiger partial charge in [0.15, 0.2) is 0 Å². The lowest BCUT2D eigenvalue weighted by Crippen LogP contribution is -2.07. The molecular formula is C14H11Cl2F2NO2. The molecule has 7 heteroatoms. The molecule has 0 aliphatic rings. The summed E-state index contributed by atoms with van der Waals surface area (Å²) in [5.74, 6) is -0.219. The summed E-state index contributed by atoms with van der Waals surface area (Å²) in [6, 6.07) is 8.82. The highest BCUT2D eigenvalue weighted by molar-refractivity contribution is 6.33. The summed E-state index contributed by atoms with van der Waals surface area (Å²) in [4.78, 5) is 0. The maximum atomic E-state index is 12.3. The molecule has 3 N–H and O–H groups in total. The first-order valence-electron chi connectivity index (χ1n) is 5.86. The Balaban J connectivity index is 2.43. The van der Waals surface area contributed by atoms with Crippen molar-refractivity contribution in [2.45, 2.75) is 12.7 Å². The van der Waals surface area contributed by atoms with Crippen molar-refractivity contribution in [3.05, 3.63) is 57.6 Å². The highest BCUT2D eigenvalue weighted by atomic mass is 35.5. The average molecular weight is 334 g/mol. The Hall–Kier alpha value is -1.56. The molecule has 21 heavy (non-hydrogen) atoms. The normalized spacial score (nSPS) is 12.5. The number of halogens is 4. The molecule has 0 saturated carbocycles. The van der Waals surface area contributed by atoms with Crippen LogP contribution in [-0.2, 0) is 0 Å². The topological polar surface area (TPSA) is 55.5 Å². The smallest absolute Gasteiger partial charge is 0.387 e. The first kappa shape index (κ1) is 15.8. The van der Waals surface area contributed by atoms with Gasteiger partial charge in [-0.15, -0.1) is 0 Å². The Bertz CT molecular complexity index is 653. The van der Waals surface area contributed by atoms with Crippen LogP contribution in [0.3, 0.4) is 0 Å². The molecule has 0 saturated heterocycles. The molecule has 0 aliphatic heterocycles. The van der Waals surface area contributed by atoms with Gasteiger partial charge >= 0.3 is 6.61 Å². The Morgan fingerprint density at radius 1 is 1.10 bits per heavy atom. The minimum absolute atomic E-state index is 0.107. The number of aliphatic hydroxyl groups is 1. The average Bonchev–Trinajstić information content (AvgIpc) is 2.42. The predicted molar refractivity (Wildman–Crippen MR) is 78.0 cm³/mol. The van der Waals surface area contributed by atoms with Gasteiger partial charge in [-0.1, -0.05) is 35.3 Å². The molecule has 3 nitrogen and oxygen atoms in total. The molecule has 0 radical (unpaired) electrons. The van der Waals surface area contributed by atoms with Crippen molar-refractivity contribution in [2.24, 2.45) is 0 Å². The summed E-state index contributed by atoms with van der Waals surface area (Å²) < 4.78 is 28.9. The van der Waals surface area contributed by atoms with Crippen molar-refractivity contribution in [2.75, 3.05) is 5.73 Å². The molecule has 2 aromatic rings. The second kappa shape index (κ2) is 6.47. The minimum atomic E-state index is -3.01. The molecule has 0 fully saturated rings. The van der Waals surface area contributed by atoms with E-state index in [4.69, 9.17) is 28.9 Å². The van der Waals surface area contributed by atoms with Crippen LogP contribution in [0.5, 0.6) is 5.75 Å². The van der Waals surface area contributed by atoms with Crippen LogP contribution in [-0.4, -0.2) is 11.7 Å².